The van der Waals surface area contributed by atoms with Crippen molar-refractivity contribution >= 4 is 11.9 Å². The highest BCUT2D eigenvalue weighted by Crippen LogP contribution is 2.11. The average Bonchev–Trinajstić information content (AvgIpc) is 2.35. The fourth-order valence-electron chi connectivity index (χ4n) is 1.89. The Kier molecular flexibility index (Phi) is 11.7. The third-order valence-corrected chi connectivity index (χ3v) is 3.00. The molecule has 4 nitrogen and oxygen atoms in total. The molecule has 1 N–H and O–H groups in total. The summed E-state index contributed by atoms with van der Waals surface area (Å²) in [5.41, 5.74) is 0. The summed E-state index contributed by atoms with van der Waals surface area (Å²) >= 11 is 0. The third-order valence-electron chi connectivity index (χ3n) is 3.00. The highest BCUT2D eigenvalue weighted by Gasteiger charge is 1.99. The van der Waals surface area contributed by atoms with Crippen molar-refractivity contribution in [1.82, 2.24) is 0 Å². The van der Waals surface area contributed by atoms with Gasteiger partial charge < -0.3 is 9.84 Å². The van der Waals surface area contributed by atoms with E-state index in [4.69, 9.17) is 5.11 Å². The molecule has 0 bridgehead atoms. The second-order valence-electron chi connectivity index (χ2n) is 4.65. The molecule has 0 radical (unpaired) electrons. The van der Waals surface area contributed by atoms with Crippen LogP contribution < -0.4 is 0 Å². The summed E-state index contributed by atoms with van der Waals surface area (Å²) in [6.07, 6.45) is 10.6. The molecule has 0 amide bonds. The number of ether oxygens (including phenoxy) is 1. The van der Waals surface area contributed by atoms with Gasteiger partial charge in [-0.25, -0.2) is 0 Å². The van der Waals surface area contributed by atoms with Gasteiger partial charge in [0.15, 0.2) is 0 Å². The molecule has 18 heavy (non-hydrogen) atoms. The Bertz CT molecular complexity index is 226. The summed E-state index contributed by atoms with van der Waals surface area (Å²) in [6.45, 7) is 0. The molecule has 0 aromatic carbocycles. The van der Waals surface area contributed by atoms with E-state index in [0.717, 1.165) is 32.1 Å². The molecule has 0 saturated carbocycles. The molecule has 0 rings (SSSR count). The number of esters is 1. The largest absolute Gasteiger partial charge is 0.481 e. The van der Waals surface area contributed by atoms with Gasteiger partial charge in [0.1, 0.15) is 0 Å². The Morgan fingerprint density at radius 2 is 1.17 bits per heavy atom. The minimum atomic E-state index is -0.694. The number of rotatable bonds is 12. The number of aliphatic carboxylic acids is 1. The number of hydrogen-bond donors (Lipinski definition) is 1. The van der Waals surface area contributed by atoms with Gasteiger partial charge >= 0.3 is 11.9 Å². The molecule has 0 aliphatic carbocycles. The van der Waals surface area contributed by atoms with Crippen molar-refractivity contribution in [2.24, 2.45) is 0 Å². The van der Waals surface area contributed by atoms with Crippen LogP contribution in [0.5, 0.6) is 0 Å². The van der Waals surface area contributed by atoms with E-state index < -0.39 is 5.97 Å². The lowest BCUT2D eigenvalue weighted by Crippen LogP contribution is -1.99. The Morgan fingerprint density at radius 1 is 0.778 bits per heavy atom. The van der Waals surface area contributed by atoms with Crippen molar-refractivity contribution in [1.29, 1.82) is 0 Å². The predicted octanol–water partition coefficient (Wildman–Crippen LogP) is 3.54. The third kappa shape index (κ3) is 13.0. The van der Waals surface area contributed by atoms with Gasteiger partial charge in [0.2, 0.25) is 0 Å². The Hall–Kier alpha value is -1.06. The molecule has 0 saturated heterocycles. The normalized spacial score (nSPS) is 10.3. The second kappa shape index (κ2) is 12.4. The molecule has 106 valence electrons. The van der Waals surface area contributed by atoms with Crippen LogP contribution in [0.15, 0.2) is 0 Å². The molecule has 0 heterocycles. The summed E-state index contributed by atoms with van der Waals surface area (Å²) in [6, 6.07) is 0. The zero-order valence-electron chi connectivity index (χ0n) is 11.5. The first kappa shape index (κ1) is 16.9. The van der Waals surface area contributed by atoms with E-state index in [9.17, 15) is 9.59 Å². The summed E-state index contributed by atoms with van der Waals surface area (Å²) in [5.74, 6) is -0.811. The zero-order valence-corrected chi connectivity index (χ0v) is 11.5. The van der Waals surface area contributed by atoms with Gasteiger partial charge in [-0.05, 0) is 12.8 Å². The van der Waals surface area contributed by atoms with Gasteiger partial charge in [-0.3, -0.25) is 9.59 Å². The molecule has 0 aromatic rings. The van der Waals surface area contributed by atoms with Gasteiger partial charge in [-0.1, -0.05) is 44.9 Å². The first-order valence-electron chi connectivity index (χ1n) is 6.95. The highest BCUT2D eigenvalue weighted by molar-refractivity contribution is 5.68. The standard InChI is InChI=1S/C14H26O4/c1-18-14(17)12-10-8-6-4-2-3-5-7-9-11-13(15)16/h2-12H2,1H3,(H,15,16). The highest BCUT2D eigenvalue weighted by atomic mass is 16.5. The molecule has 0 unspecified atom stereocenters. The molecule has 0 atom stereocenters. The molecule has 0 spiro atoms. The van der Waals surface area contributed by atoms with Crippen LogP contribution in [0, 0.1) is 0 Å². The number of carboxylic acid groups (broad SMARTS) is 1. The molecular formula is C14H26O4. The Labute approximate surface area is 110 Å². The van der Waals surface area contributed by atoms with E-state index >= 15 is 0 Å². The SMILES string of the molecule is COC(=O)CCCCCCCCCCCC(=O)O. The Morgan fingerprint density at radius 3 is 1.56 bits per heavy atom. The maximum atomic E-state index is 10.8. The summed E-state index contributed by atoms with van der Waals surface area (Å²) < 4.78 is 4.57. The molecule has 0 aromatic heterocycles. The lowest BCUT2D eigenvalue weighted by molar-refractivity contribution is -0.140. The minimum Gasteiger partial charge on any atom is -0.481 e. The van der Waals surface area contributed by atoms with Gasteiger partial charge in [0.25, 0.3) is 0 Å². The lowest BCUT2D eigenvalue weighted by Gasteiger charge is -2.02. The van der Waals surface area contributed by atoms with Crippen molar-refractivity contribution in [3.8, 4) is 0 Å². The van der Waals surface area contributed by atoms with Crippen LogP contribution in [-0.2, 0) is 14.3 Å². The molecular weight excluding hydrogens is 232 g/mol. The van der Waals surface area contributed by atoms with Crippen LogP contribution in [0.25, 0.3) is 0 Å². The van der Waals surface area contributed by atoms with E-state index in [-0.39, 0.29) is 5.97 Å². The van der Waals surface area contributed by atoms with Crippen LogP contribution >= 0.6 is 0 Å². The van der Waals surface area contributed by atoms with Gasteiger partial charge in [0.05, 0.1) is 7.11 Å². The van der Waals surface area contributed by atoms with E-state index in [1.165, 1.54) is 32.8 Å². The zero-order chi connectivity index (χ0) is 13.6. The monoisotopic (exact) mass is 258 g/mol. The number of hydrogen-bond acceptors (Lipinski definition) is 3. The minimum absolute atomic E-state index is 0.117. The fraction of sp³-hybridized carbons (Fsp3) is 0.857. The lowest BCUT2D eigenvalue weighted by atomic mass is 10.1. The topological polar surface area (TPSA) is 63.6 Å². The van der Waals surface area contributed by atoms with E-state index in [1.807, 2.05) is 0 Å². The number of carbonyl (C=O) groups excluding carboxylic acids is 1. The van der Waals surface area contributed by atoms with E-state index in [2.05, 4.69) is 4.74 Å². The Balaban J connectivity index is 3.03. The van der Waals surface area contributed by atoms with Crippen LogP contribution in [0.2, 0.25) is 0 Å². The van der Waals surface area contributed by atoms with Crippen molar-refractivity contribution in [3.63, 3.8) is 0 Å². The first-order chi connectivity index (χ1) is 8.66. The van der Waals surface area contributed by atoms with Crippen molar-refractivity contribution in [2.45, 2.75) is 70.6 Å². The molecule has 4 heteroatoms. The summed E-state index contributed by atoms with van der Waals surface area (Å²) in [5, 5.41) is 8.46. The summed E-state index contributed by atoms with van der Waals surface area (Å²) in [7, 11) is 1.42. The van der Waals surface area contributed by atoms with Gasteiger partial charge in [0, 0.05) is 12.8 Å². The van der Waals surface area contributed by atoms with Gasteiger partial charge in [-0.2, -0.15) is 0 Å². The number of carbonyl (C=O) groups is 2. The van der Waals surface area contributed by atoms with Crippen LogP contribution in [0.3, 0.4) is 0 Å². The second-order valence-corrected chi connectivity index (χ2v) is 4.65. The van der Waals surface area contributed by atoms with Crippen molar-refractivity contribution in [2.75, 3.05) is 7.11 Å². The summed E-state index contributed by atoms with van der Waals surface area (Å²) in [4.78, 5) is 21.1. The maximum absolute atomic E-state index is 10.8. The smallest absolute Gasteiger partial charge is 0.305 e. The predicted molar refractivity (Wildman–Crippen MR) is 70.4 cm³/mol. The van der Waals surface area contributed by atoms with Crippen LogP contribution in [-0.4, -0.2) is 24.2 Å². The van der Waals surface area contributed by atoms with Crippen molar-refractivity contribution in [3.05, 3.63) is 0 Å². The number of methoxy groups -OCH3 is 1. The average molecular weight is 258 g/mol. The van der Waals surface area contributed by atoms with Crippen LogP contribution in [0.4, 0.5) is 0 Å². The van der Waals surface area contributed by atoms with Gasteiger partial charge in [-0.15, -0.1) is 0 Å². The number of carboxylic acids is 1. The fourth-order valence-corrected chi connectivity index (χ4v) is 1.89. The molecule has 0 fully saturated rings. The maximum Gasteiger partial charge on any atom is 0.305 e. The van der Waals surface area contributed by atoms with Crippen LogP contribution in [0.1, 0.15) is 70.6 Å². The quantitative estimate of drug-likeness (QED) is 0.429. The van der Waals surface area contributed by atoms with Crippen molar-refractivity contribution < 1.29 is 19.4 Å². The molecule has 0 aliphatic rings. The van der Waals surface area contributed by atoms with E-state index in [0.29, 0.717) is 12.8 Å². The van der Waals surface area contributed by atoms with E-state index in [1.54, 1.807) is 0 Å². The first-order valence-corrected chi connectivity index (χ1v) is 6.95. The number of unbranched alkanes of at least 4 members (excludes halogenated alkanes) is 8. The molecule has 0 aliphatic heterocycles.